The van der Waals surface area contributed by atoms with E-state index in [4.69, 9.17) is 0 Å². The molecular formula is C16H23NO2. The maximum atomic E-state index is 11.7. The first-order chi connectivity index (χ1) is 8.97. The highest BCUT2D eigenvalue weighted by molar-refractivity contribution is 5.78. The predicted octanol–water partition coefficient (Wildman–Crippen LogP) is 3.39. The zero-order valence-corrected chi connectivity index (χ0v) is 12.0. The Morgan fingerprint density at radius 3 is 2.68 bits per heavy atom. The number of nitrogens with zero attached hydrogens (tertiary/aromatic N) is 1. The molecule has 19 heavy (non-hydrogen) atoms. The van der Waals surface area contributed by atoms with Crippen molar-refractivity contribution in [3.05, 3.63) is 35.4 Å². The van der Waals surface area contributed by atoms with Gasteiger partial charge in [0.05, 0.1) is 0 Å². The molecular weight excluding hydrogens is 238 g/mol. The van der Waals surface area contributed by atoms with Crippen molar-refractivity contribution in [2.75, 3.05) is 6.54 Å². The maximum absolute atomic E-state index is 11.7. The molecule has 1 N–H and O–H groups in total. The number of likely N-dealkylation sites (tertiary alicyclic amines) is 1. The highest BCUT2D eigenvalue weighted by Gasteiger charge is 2.43. The second-order valence-electron chi connectivity index (χ2n) is 5.76. The van der Waals surface area contributed by atoms with Crippen LogP contribution in [-0.2, 0) is 4.79 Å². The molecule has 3 heteroatoms. The summed E-state index contributed by atoms with van der Waals surface area (Å²) in [6.45, 7) is 6.93. The van der Waals surface area contributed by atoms with Gasteiger partial charge in [0.1, 0.15) is 5.54 Å². The van der Waals surface area contributed by atoms with Gasteiger partial charge in [-0.1, -0.05) is 24.3 Å². The molecule has 0 bridgehead atoms. The molecule has 1 saturated heterocycles. The molecule has 1 fully saturated rings. The highest BCUT2D eigenvalue weighted by Crippen LogP contribution is 2.36. The van der Waals surface area contributed by atoms with Gasteiger partial charge in [-0.25, -0.2) is 0 Å². The molecule has 0 aliphatic carbocycles. The number of carboxylic acids is 1. The van der Waals surface area contributed by atoms with E-state index in [1.807, 2.05) is 19.1 Å². The summed E-state index contributed by atoms with van der Waals surface area (Å²) in [6.07, 6.45) is 2.82. The number of piperidine rings is 1. The molecule has 1 aromatic carbocycles. The lowest BCUT2D eigenvalue weighted by Crippen LogP contribution is -2.55. The van der Waals surface area contributed by atoms with Crippen LogP contribution < -0.4 is 0 Å². The number of carboxylic acid groups (broad SMARTS) is 1. The van der Waals surface area contributed by atoms with Crippen molar-refractivity contribution in [1.29, 1.82) is 0 Å². The van der Waals surface area contributed by atoms with Crippen LogP contribution >= 0.6 is 0 Å². The third kappa shape index (κ3) is 2.52. The van der Waals surface area contributed by atoms with Crippen LogP contribution in [0.5, 0.6) is 0 Å². The minimum absolute atomic E-state index is 0.141. The average molecular weight is 261 g/mol. The van der Waals surface area contributed by atoms with Gasteiger partial charge < -0.3 is 5.11 Å². The molecule has 0 amide bonds. The van der Waals surface area contributed by atoms with E-state index < -0.39 is 11.5 Å². The van der Waals surface area contributed by atoms with E-state index in [2.05, 4.69) is 30.9 Å². The van der Waals surface area contributed by atoms with Gasteiger partial charge in [0.15, 0.2) is 0 Å². The van der Waals surface area contributed by atoms with Crippen LogP contribution in [0.4, 0.5) is 0 Å². The van der Waals surface area contributed by atoms with Crippen molar-refractivity contribution in [3.8, 4) is 0 Å². The number of carbonyl (C=O) groups is 1. The van der Waals surface area contributed by atoms with Gasteiger partial charge in [-0.05, 0) is 57.7 Å². The lowest BCUT2D eigenvalue weighted by Gasteiger charge is -2.45. The van der Waals surface area contributed by atoms with Crippen LogP contribution in [0.1, 0.15) is 50.3 Å². The smallest absolute Gasteiger partial charge is 0.323 e. The Hall–Kier alpha value is -1.35. The average Bonchev–Trinajstić information content (AvgIpc) is 2.39. The monoisotopic (exact) mass is 261 g/mol. The van der Waals surface area contributed by atoms with Gasteiger partial charge in [-0.15, -0.1) is 0 Å². The Balaban J connectivity index is 2.33. The van der Waals surface area contributed by atoms with Crippen LogP contribution in [-0.4, -0.2) is 28.1 Å². The van der Waals surface area contributed by atoms with Crippen LogP contribution in [0.2, 0.25) is 0 Å². The molecule has 0 aromatic heterocycles. The SMILES string of the molecule is Cc1ccccc1C(C)N1CCCCC1(C)C(=O)O. The first kappa shape index (κ1) is 14.1. The first-order valence-corrected chi connectivity index (χ1v) is 7.02. The van der Waals surface area contributed by atoms with Gasteiger partial charge in [0, 0.05) is 6.04 Å². The number of aryl methyl sites for hydroxylation is 1. The second-order valence-corrected chi connectivity index (χ2v) is 5.76. The molecule has 1 aliphatic heterocycles. The molecule has 0 radical (unpaired) electrons. The van der Waals surface area contributed by atoms with Crippen LogP contribution in [0.3, 0.4) is 0 Å². The number of benzene rings is 1. The van der Waals surface area contributed by atoms with Gasteiger partial charge in [-0.2, -0.15) is 0 Å². The summed E-state index contributed by atoms with van der Waals surface area (Å²) in [5.74, 6) is -0.701. The lowest BCUT2D eigenvalue weighted by atomic mass is 9.85. The van der Waals surface area contributed by atoms with Crippen LogP contribution in [0.15, 0.2) is 24.3 Å². The summed E-state index contributed by atoms with van der Waals surface area (Å²) in [4.78, 5) is 13.8. The quantitative estimate of drug-likeness (QED) is 0.906. The first-order valence-electron chi connectivity index (χ1n) is 7.02. The van der Waals surface area contributed by atoms with Gasteiger partial charge in [0.25, 0.3) is 0 Å². The summed E-state index contributed by atoms with van der Waals surface area (Å²) in [6, 6.07) is 8.40. The van der Waals surface area contributed by atoms with E-state index in [-0.39, 0.29) is 6.04 Å². The molecule has 2 unspecified atom stereocenters. The molecule has 1 aromatic rings. The van der Waals surface area contributed by atoms with Crippen molar-refractivity contribution in [1.82, 2.24) is 4.90 Å². The summed E-state index contributed by atoms with van der Waals surface area (Å²) < 4.78 is 0. The largest absolute Gasteiger partial charge is 0.480 e. The van der Waals surface area contributed by atoms with Crippen molar-refractivity contribution in [3.63, 3.8) is 0 Å². The van der Waals surface area contributed by atoms with E-state index in [0.29, 0.717) is 0 Å². The third-order valence-electron chi connectivity index (χ3n) is 4.51. The summed E-state index contributed by atoms with van der Waals surface area (Å²) in [5, 5.41) is 9.59. The minimum Gasteiger partial charge on any atom is -0.480 e. The van der Waals surface area contributed by atoms with E-state index in [1.54, 1.807) is 0 Å². The fraction of sp³-hybridized carbons (Fsp3) is 0.562. The van der Waals surface area contributed by atoms with Gasteiger partial charge in [0.2, 0.25) is 0 Å². The molecule has 1 aliphatic rings. The Morgan fingerprint density at radius 2 is 2.05 bits per heavy atom. The molecule has 1 heterocycles. The molecule has 2 atom stereocenters. The molecule has 2 rings (SSSR count). The number of hydrogen-bond donors (Lipinski definition) is 1. The fourth-order valence-electron chi connectivity index (χ4n) is 3.22. The van der Waals surface area contributed by atoms with Crippen LogP contribution in [0, 0.1) is 6.92 Å². The van der Waals surface area contributed by atoms with Crippen molar-refractivity contribution in [2.45, 2.75) is 51.6 Å². The number of rotatable bonds is 3. The third-order valence-corrected chi connectivity index (χ3v) is 4.51. The van der Waals surface area contributed by atoms with Gasteiger partial charge in [-0.3, -0.25) is 9.69 Å². The summed E-state index contributed by atoms with van der Waals surface area (Å²) in [7, 11) is 0. The maximum Gasteiger partial charge on any atom is 0.323 e. The summed E-state index contributed by atoms with van der Waals surface area (Å²) in [5.41, 5.74) is 1.73. The molecule has 0 saturated carbocycles. The minimum atomic E-state index is -0.736. The zero-order chi connectivity index (χ0) is 14.0. The zero-order valence-electron chi connectivity index (χ0n) is 12.0. The van der Waals surface area contributed by atoms with E-state index in [9.17, 15) is 9.90 Å². The Labute approximate surface area is 115 Å². The van der Waals surface area contributed by atoms with E-state index >= 15 is 0 Å². The fourth-order valence-corrected chi connectivity index (χ4v) is 3.22. The normalized spacial score (nSPS) is 26.1. The molecule has 0 spiro atoms. The second kappa shape index (κ2) is 5.33. The summed E-state index contributed by atoms with van der Waals surface area (Å²) >= 11 is 0. The predicted molar refractivity (Wildman–Crippen MR) is 76.2 cm³/mol. The van der Waals surface area contributed by atoms with Crippen molar-refractivity contribution < 1.29 is 9.90 Å². The van der Waals surface area contributed by atoms with Crippen LogP contribution in [0.25, 0.3) is 0 Å². The standard InChI is InChI=1S/C16H23NO2/c1-12-8-4-5-9-14(12)13(2)17-11-7-6-10-16(17,3)15(18)19/h4-5,8-9,13H,6-7,10-11H2,1-3H3,(H,18,19). The van der Waals surface area contributed by atoms with Crippen molar-refractivity contribution in [2.24, 2.45) is 0 Å². The van der Waals surface area contributed by atoms with Gasteiger partial charge >= 0.3 is 5.97 Å². The Kier molecular flexibility index (Phi) is 3.95. The lowest BCUT2D eigenvalue weighted by molar-refractivity contribution is -0.155. The Bertz CT molecular complexity index is 472. The number of hydrogen-bond acceptors (Lipinski definition) is 2. The highest BCUT2D eigenvalue weighted by atomic mass is 16.4. The molecule has 3 nitrogen and oxygen atoms in total. The van der Waals surface area contributed by atoms with Crippen molar-refractivity contribution >= 4 is 5.97 Å². The molecule has 104 valence electrons. The Morgan fingerprint density at radius 1 is 1.37 bits per heavy atom. The topological polar surface area (TPSA) is 40.5 Å². The van der Waals surface area contributed by atoms with E-state index in [0.717, 1.165) is 25.8 Å². The van der Waals surface area contributed by atoms with E-state index in [1.165, 1.54) is 11.1 Å². The number of aliphatic carboxylic acids is 1.